The fourth-order valence-corrected chi connectivity index (χ4v) is 2.55. The van der Waals surface area contributed by atoms with Crippen LogP contribution in [0.25, 0.3) is 11.0 Å². The fourth-order valence-electron chi connectivity index (χ4n) is 2.55. The zero-order chi connectivity index (χ0) is 18.2. The number of phenols is 1. The number of fused-ring (bicyclic) bond motifs is 1. The number of hydrogen-bond donors (Lipinski definition) is 3. The number of phenolic OH excluding ortho intramolecular Hbond substituents is 1. The third-order valence-electron chi connectivity index (χ3n) is 3.82. The molecule has 0 aliphatic rings. The molecule has 0 aliphatic carbocycles. The predicted octanol–water partition coefficient (Wildman–Crippen LogP) is 2.20. The number of anilines is 1. The Balaban J connectivity index is 1.94. The molecule has 132 valence electrons. The zero-order valence-electron chi connectivity index (χ0n) is 14.6. The van der Waals surface area contributed by atoms with Crippen molar-refractivity contribution in [3.05, 3.63) is 40.3 Å². The number of rotatable bonds is 4. The number of para-hydroxylation sites is 1. The van der Waals surface area contributed by atoms with E-state index in [-0.39, 0.29) is 23.4 Å². The summed E-state index contributed by atoms with van der Waals surface area (Å²) in [5.74, 6) is 0.758. The monoisotopic (exact) mass is 343 g/mol. The minimum atomic E-state index is -0.301. The van der Waals surface area contributed by atoms with E-state index in [4.69, 9.17) is 4.74 Å². The molecule has 0 fully saturated rings. The Kier molecular flexibility index (Phi) is 4.12. The maximum absolute atomic E-state index is 12.3. The Morgan fingerprint density at radius 2 is 2.12 bits per heavy atom. The number of aromatic amines is 1. The van der Waals surface area contributed by atoms with Gasteiger partial charge >= 0.3 is 0 Å². The molecule has 0 radical (unpaired) electrons. The van der Waals surface area contributed by atoms with Gasteiger partial charge in [-0.3, -0.25) is 9.78 Å². The van der Waals surface area contributed by atoms with Crippen molar-refractivity contribution in [1.82, 2.24) is 19.7 Å². The molecule has 0 amide bonds. The number of methoxy groups -OCH3 is 1. The minimum absolute atomic E-state index is 0.0562. The molecule has 8 heteroatoms. The molecule has 8 nitrogen and oxygen atoms in total. The molecular weight excluding hydrogens is 322 g/mol. The second-order valence-electron chi connectivity index (χ2n) is 6.70. The molecule has 0 aliphatic heterocycles. The quantitative estimate of drug-likeness (QED) is 0.671. The lowest BCUT2D eigenvalue weighted by atomic mass is 10.1. The van der Waals surface area contributed by atoms with E-state index in [9.17, 15) is 9.90 Å². The average molecular weight is 343 g/mol. The summed E-state index contributed by atoms with van der Waals surface area (Å²) in [7, 11) is 1.49. The Morgan fingerprint density at radius 1 is 1.36 bits per heavy atom. The number of nitrogens with zero attached hydrogens (tertiary/aromatic N) is 3. The van der Waals surface area contributed by atoms with E-state index in [1.54, 1.807) is 22.9 Å². The molecule has 2 aromatic heterocycles. The topological polar surface area (TPSA) is 105 Å². The number of nitrogens with one attached hydrogen (secondary N) is 2. The largest absolute Gasteiger partial charge is 0.504 e. The van der Waals surface area contributed by atoms with Crippen LogP contribution in [0.1, 0.15) is 26.3 Å². The summed E-state index contributed by atoms with van der Waals surface area (Å²) < 4.78 is 6.81. The van der Waals surface area contributed by atoms with Gasteiger partial charge in [0, 0.05) is 12.1 Å². The molecule has 3 aromatic rings. The minimum Gasteiger partial charge on any atom is -0.504 e. The average Bonchev–Trinajstić information content (AvgIpc) is 2.98. The number of benzene rings is 1. The fraction of sp³-hybridized carbons (Fsp3) is 0.353. The van der Waals surface area contributed by atoms with E-state index in [0.717, 1.165) is 0 Å². The number of aromatic nitrogens is 4. The van der Waals surface area contributed by atoms with Gasteiger partial charge in [0.2, 0.25) is 5.95 Å². The van der Waals surface area contributed by atoms with E-state index >= 15 is 0 Å². The van der Waals surface area contributed by atoms with Gasteiger partial charge in [0.25, 0.3) is 5.56 Å². The summed E-state index contributed by atoms with van der Waals surface area (Å²) in [5, 5.41) is 17.9. The van der Waals surface area contributed by atoms with Crippen LogP contribution < -0.4 is 15.6 Å². The number of ether oxygens (including phenoxy) is 1. The number of hydrogen-bond acceptors (Lipinski definition) is 6. The van der Waals surface area contributed by atoms with E-state index in [1.165, 1.54) is 13.3 Å². The summed E-state index contributed by atoms with van der Waals surface area (Å²) >= 11 is 0. The van der Waals surface area contributed by atoms with Crippen molar-refractivity contribution in [2.45, 2.75) is 32.9 Å². The van der Waals surface area contributed by atoms with Gasteiger partial charge in [-0.2, -0.15) is 10.1 Å². The van der Waals surface area contributed by atoms with Gasteiger partial charge in [-0.15, -0.1) is 0 Å². The molecular formula is C17H21N5O3. The van der Waals surface area contributed by atoms with Crippen molar-refractivity contribution in [2.75, 3.05) is 12.4 Å². The van der Waals surface area contributed by atoms with Crippen molar-refractivity contribution in [3.63, 3.8) is 0 Å². The Hall–Kier alpha value is -3.03. The van der Waals surface area contributed by atoms with Gasteiger partial charge in [0.15, 0.2) is 17.1 Å². The highest BCUT2D eigenvalue weighted by Gasteiger charge is 2.20. The van der Waals surface area contributed by atoms with Crippen LogP contribution in [0.15, 0.2) is 29.2 Å². The molecule has 0 saturated heterocycles. The van der Waals surface area contributed by atoms with Crippen LogP contribution in [0.5, 0.6) is 11.5 Å². The predicted molar refractivity (Wildman–Crippen MR) is 95.1 cm³/mol. The van der Waals surface area contributed by atoms with E-state index in [2.05, 4.69) is 20.4 Å². The van der Waals surface area contributed by atoms with E-state index < -0.39 is 0 Å². The van der Waals surface area contributed by atoms with E-state index in [0.29, 0.717) is 28.3 Å². The smallest absolute Gasteiger partial charge is 0.263 e. The molecule has 0 bridgehead atoms. The van der Waals surface area contributed by atoms with Crippen LogP contribution in [-0.4, -0.2) is 32.0 Å². The normalized spacial score (nSPS) is 11.7. The molecule has 0 saturated carbocycles. The van der Waals surface area contributed by atoms with Gasteiger partial charge in [0.05, 0.1) is 18.8 Å². The maximum atomic E-state index is 12.3. The van der Waals surface area contributed by atoms with Crippen LogP contribution in [0, 0.1) is 0 Å². The van der Waals surface area contributed by atoms with Crippen LogP contribution >= 0.6 is 0 Å². The van der Waals surface area contributed by atoms with Gasteiger partial charge in [-0.1, -0.05) is 12.1 Å². The van der Waals surface area contributed by atoms with Gasteiger partial charge in [0.1, 0.15) is 5.39 Å². The second-order valence-corrected chi connectivity index (χ2v) is 6.70. The van der Waals surface area contributed by atoms with Crippen LogP contribution in [-0.2, 0) is 12.1 Å². The zero-order valence-corrected chi connectivity index (χ0v) is 14.6. The first kappa shape index (κ1) is 16.8. The number of aromatic hydroxyl groups is 1. The Bertz CT molecular complexity index is 969. The van der Waals surface area contributed by atoms with Crippen LogP contribution in [0.4, 0.5) is 5.95 Å². The lowest BCUT2D eigenvalue weighted by molar-refractivity contribution is 0.366. The second kappa shape index (κ2) is 6.12. The molecule has 25 heavy (non-hydrogen) atoms. The highest BCUT2D eigenvalue weighted by atomic mass is 16.5. The molecule has 3 rings (SSSR count). The first-order valence-corrected chi connectivity index (χ1v) is 7.88. The van der Waals surface area contributed by atoms with Crippen molar-refractivity contribution < 1.29 is 9.84 Å². The summed E-state index contributed by atoms with van der Waals surface area (Å²) in [6, 6.07) is 5.22. The van der Waals surface area contributed by atoms with Crippen molar-refractivity contribution in [2.24, 2.45) is 0 Å². The number of H-pyrrole nitrogens is 1. The highest BCUT2D eigenvalue weighted by molar-refractivity contribution is 5.74. The Morgan fingerprint density at radius 3 is 2.80 bits per heavy atom. The molecule has 2 heterocycles. The molecule has 3 N–H and O–H groups in total. The van der Waals surface area contributed by atoms with Gasteiger partial charge < -0.3 is 15.2 Å². The first-order valence-electron chi connectivity index (χ1n) is 7.88. The van der Waals surface area contributed by atoms with Crippen molar-refractivity contribution in [3.8, 4) is 11.5 Å². The van der Waals surface area contributed by atoms with Crippen LogP contribution in [0.2, 0.25) is 0 Å². The molecule has 0 atom stereocenters. The lowest BCUT2D eigenvalue weighted by Gasteiger charge is -2.19. The van der Waals surface area contributed by atoms with Gasteiger partial charge in [-0.05, 0) is 26.8 Å². The van der Waals surface area contributed by atoms with Crippen molar-refractivity contribution in [1.29, 1.82) is 0 Å². The van der Waals surface area contributed by atoms with Crippen molar-refractivity contribution >= 4 is 17.0 Å². The summed E-state index contributed by atoms with van der Waals surface area (Å²) in [5.41, 5.74) is 0.572. The standard InChI is InChI=1S/C17H21N5O3/c1-17(2,3)22-14-11(9-19-22)15(24)21-16(20-14)18-8-10-6-5-7-12(25-4)13(10)23/h5-7,9,23H,8H2,1-4H3,(H2,18,20,21,24). The summed E-state index contributed by atoms with van der Waals surface area (Å²) in [6.45, 7) is 6.25. The Labute approximate surface area is 144 Å². The third-order valence-corrected chi connectivity index (χ3v) is 3.82. The third kappa shape index (κ3) is 3.15. The van der Waals surface area contributed by atoms with Gasteiger partial charge in [-0.25, -0.2) is 4.68 Å². The molecule has 0 unspecified atom stereocenters. The molecule has 1 aromatic carbocycles. The van der Waals surface area contributed by atoms with Crippen LogP contribution in [0.3, 0.4) is 0 Å². The lowest BCUT2D eigenvalue weighted by Crippen LogP contribution is -2.24. The SMILES string of the molecule is COc1cccc(CNc2nc3c(cnn3C(C)(C)C)c(=O)[nH]2)c1O. The first-order chi connectivity index (χ1) is 11.8. The maximum Gasteiger partial charge on any atom is 0.263 e. The summed E-state index contributed by atoms with van der Waals surface area (Å²) in [4.78, 5) is 19.4. The van der Waals surface area contributed by atoms with E-state index in [1.807, 2.05) is 20.8 Å². The summed E-state index contributed by atoms with van der Waals surface area (Å²) in [6.07, 6.45) is 1.52. The highest BCUT2D eigenvalue weighted by Crippen LogP contribution is 2.29. The molecule has 0 spiro atoms.